The third-order valence-electron chi connectivity index (χ3n) is 4.71. The Morgan fingerprint density at radius 1 is 1.22 bits per heavy atom. The summed E-state index contributed by atoms with van der Waals surface area (Å²) in [5.41, 5.74) is -3.23. The largest absolute Gasteiger partial charge is 0.523 e. The maximum atomic E-state index is 12.5. The maximum absolute atomic E-state index is 12.5. The zero-order valence-corrected chi connectivity index (χ0v) is 16.5. The molecular formula is C18H23F3O5S. The molecule has 27 heavy (non-hydrogen) atoms. The molecule has 5 nitrogen and oxygen atoms in total. The molecule has 1 unspecified atom stereocenters. The number of alkyl halides is 3. The summed E-state index contributed by atoms with van der Waals surface area (Å²) in [5, 5.41) is 0. The van der Waals surface area contributed by atoms with E-state index in [1.807, 2.05) is 20.8 Å². The van der Waals surface area contributed by atoms with E-state index >= 15 is 0 Å². The van der Waals surface area contributed by atoms with Crippen molar-refractivity contribution in [1.29, 1.82) is 0 Å². The number of hydrogen-bond donors (Lipinski definition) is 0. The van der Waals surface area contributed by atoms with E-state index in [0.29, 0.717) is 25.2 Å². The Hall–Kier alpha value is -1.74. The quantitative estimate of drug-likeness (QED) is 0.402. The maximum Gasteiger partial charge on any atom is 0.523 e. The summed E-state index contributed by atoms with van der Waals surface area (Å²) in [6, 6.07) is 0. The summed E-state index contributed by atoms with van der Waals surface area (Å²) in [6.45, 7) is 10.4. The van der Waals surface area contributed by atoms with Crippen LogP contribution in [0, 0.1) is 20.8 Å². The molecule has 9 heteroatoms. The van der Waals surface area contributed by atoms with Gasteiger partial charge in [0.25, 0.3) is 0 Å². The van der Waals surface area contributed by atoms with Gasteiger partial charge in [0.15, 0.2) is 0 Å². The van der Waals surface area contributed by atoms with Crippen LogP contribution in [-0.2, 0) is 20.7 Å². The molecule has 1 atom stereocenters. The van der Waals surface area contributed by atoms with Crippen LogP contribution in [0.1, 0.15) is 35.6 Å². The molecule has 1 aromatic rings. The Morgan fingerprint density at radius 3 is 2.41 bits per heavy atom. The molecular weight excluding hydrogens is 385 g/mol. The fraction of sp³-hybridized carbons (Fsp3) is 0.556. The molecule has 0 saturated heterocycles. The van der Waals surface area contributed by atoms with Crippen LogP contribution in [0.15, 0.2) is 12.7 Å². The SMILES string of the molecule is C=CCOc1c(C)c(C)c2c(c1C)CCC(C)(COS(=O)(=O)C(F)(F)F)O2. The van der Waals surface area contributed by atoms with Gasteiger partial charge in [-0.1, -0.05) is 12.7 Å². The Morgan fingerprint density at radius 2 is 1.85 bits per heavy atom. The zero-order chi connectivity index (χ0) is 20.6. The first-order valence-corrected chi connectivity index (χ1v) is 9.75. The number of rotatable bonds is 6. The first kappa shape index (κ1) is 21.6. The fourth-order valence-electron chi connectivity index (χ4n) is 3.01. The van der Waals surface area contributed by atoms with Crippen molar-refractivity contribution in [3.8, 4) is 11.5 Å². The van der Waals surface area contributed by atoms with Crippen LogP contribution < -0.4 is 9.47 Å². The molecule has 0 spiro atoms. The third-order valence-corrected chi connectivity index (χ3v) is 5.71. The number of hydrogen-bond acceptors (Lipinski definition) is 5. The molecule has 0 aromatic heterocycles. The molecule has 1 heterocycles. The highest BCUT2D eigenvalue weighted by Crippen LogP contribution is 2.44. The van der Waals surface area contributed by atoms with E-state index in [9.17, 15) is 21.6 Å². The molecule has 0 saturated carbocycles. The van der Waals surface area contributed by atoms with Gasteiger partial charge in [0, 0.05) is 5.56 Å². The molecule has 1 aliphatic heterocycles. The number of fused-ring (bicyclic) bond motifs is 1. The monoisotopic (exact) mass is 408 g/mol. The van der Waals surface area contributed by atoms with Crippen LogP contribution in [0.4, 0.5) is 13.2 Å². The molecule has 0 bridgehead atoms. The van der Waals surface area contributed by atoms with Crippen LogP contribution in [0.25, 0.3) is 0 Å². The van der Waals surface area contributed by atoms with E-state index in [1.54, 1.807) is 6.08 Å². The predicted octanol–water partition coefficient (Wildman–Crippen LogP) is 4.13. The molecule has 1 aromatic carbocycles. The van der Waals surface area contributed by atoms with Crippen molar-refractivity contribution in [2.75, 3.05) is 13.2 Å². The van der Waals surface area contributed by atoms with Crippen molar-refractivity contribution < 1.29 is 35.2 Å². The minimum atomic E-state index is -5.67. The lowest BCUT2D eigenvalue weighted by Crippen LogP contribution is -2.43. The lowest BCUT2D eigenvalue weighted by molar-refractivity contribution is -0.0606. The summed E-state index contributed by atoms with van der Waals surface area (Å²) in [5.74, 6) is 1.27. The van der Waals surface area contributed by atoms with Crippen LogP contribution in [-0.4, -0.2) is 32.7 Å². The van der Waals surface area contributed by atoms with Crippen molar-refractivity contribution in [2.45, 2.75) is 51.6 Å². The number of benzene rings is 1. The normalized spacial score (nSPS) is 20.0. The smallest absolute Gasteiger partial charge is 0.489 e. The van der Waals surface area contributed by atoms with Gasteiger partial charge in [0.1, 0.15) is 30.3 Å². The highest BCUT2D eigenvalue weighted by molar-refractivity contribution is 7.87. The Kier molecular flexibility index (Phi) is 5.87. The highest BCUT2D eigenvalue weighted by Gasteiger charge is 2.49. The van der Waals surface area contributed by atoms with Gasteiger partial charge >= 0.3 is 15.6 Å². The van der Waals surface area contributed by atoms with Gasteiger partial charge < -0.3 is 9.47 Å². The van der Waals surface area contributed by atoms with Gasteiger partial charge in [-0.2, -0.15) is 21.6 Å². The van der Waals surface area contributed by atoms with Gasteiger partial charge in [-0.25, -0.2) is 0 Å². The van der Waals surface area contributed by atoms with Gasteiger partial charge in [-0.3, -0.25) is 4.18 Å². The Balaban J connectivity index is 2.31. The average Bonchev–Trinajstić information content (AvgIpc) is 2.57. The van der Waals surface area contributed by atoms with Crippen molar-refractivity contribution in [2.24, 2.45) is 0 Å². The summed E-state index contributed by atoms with van der Waals surface area (Å²) in [6.07, 6.45) is 2.44. The van der Waals surface area contributed by atoms with Crippen molar-refractivity contribution >= 4 is 10.1 Å². The molecule has 0 aliphatic carbocycles. The highest BCUT2D eigenvalue weighted by atomic mass is 32.2. The van der Waals surface area contributed by atoms with E-state index < -0.39 is 27.8 Å². The molecule has 152 valence electrons. The predicted molar refractivity (Wildman–Crippen MR) is 94.6 cm³/mol. The standard InChI is InChI=1S/C18H23F3O5S/c1-6-9-24-15-11(2)12(3)16-14(13(15)4)7-8-17(5,26-16)10-25-27(22,23)18(19,20)21/h6H,1,7-10H2,2-5H3. The minimum Gasteiger partial charge on any atom is -0.489 e. The van der Waals surface area contributed by atoms with Crippen molar-refractivity contribution in [1.82, 2.24) is 0 Å². The molecule has 0 radical (unpaired) electrons. The van der Waals surface area contributed by atoms with Gasteiger partial charge in [-0.05, 0) is 57.2 Å². The molecule has 0 fully saturated rings. The second-order valence-electron chi connectivity index (χ2n) is 6.83. The minimum absolute atomic E-state index is 0.303. The zero-order valence-electron chi connectivity index (χ0n) is 15.7. The Labute approximate surface area is 157 Å². The summed E-state index contributed by atoms with van der Waals surface area (Å²) in [7, 11) is -5.67. The van der Waals surface area contributed by atoms with Gasteiger partial charge in [0.2, 0.25) is 0 Å². The van der Waals surface area contributed by atoms with E-state index in [2.05, 4.69) is 10.8 Å². The van der Waals surface area contributed by atoms with Crippen molar-refractivity contribution in [3.05, 3.63) is 34.9 Å². The van der Waals surface area contributed by atoms with E-state index in [-0.39, 0.29) is 0 Å². The van der Waals surface area contributed by atoms with Crippen LogP contribution >= 0.6 is 0 Å². The average molecular weight is 408 g/mol. The van der Waals surface area contributed by atoms with E-state index in [1.165, 1.54) is 6.92 Å². The third kappa shape index (κ3) is 4.24. The summed E-state index contributed by atoms with van der Waals surface area (Å²) < 4.78 is 75.7. The van der Waals surface area contributed by atoms with E-state index in [0.717, 1.165) is 28.0 Å². The first-order valence-electron chi connectivity index (χ1n) is 8.34. The second-order valence-corrected chi connectivity index (χ2v) is 8.43. The first-order chi connectivity index (χ1) is 12.3. The van der Waals surface area contributed by atoms with E-state index in [4.69, 9.17) is 9.47 Å². The second kappa shape index (κ2) is 7.35. The molecule has 1 aliphatic rings. The van der Waals surface area contributed by atoms with Crippen LogP contribution in [0.5, 0.6) is 11.5 Å². The number of ether oxygens (including phenoxy) is 2. The van der Waals surface area contributed by atoms with Crippen LogP contribution in [0.3, 0.4) is 0 Å². The fourth-order valence-corrected chi connectivity index (χ4v) is 3.55. The summed E-state index contributed by atoms with van der Waals surface area (Å²) in [4.78, 5) is 0. The topological polar surface area (TPSA) is 61.8 Å². The van der Waals surface area contributed by atoms with Crippen LogP contribution in [0.2, 0.25) is 0 Å². The summed E-state index contributed by atoms with van der Waals surface area (Å²) >= 11 is 0. The number of halogens is 3. The lowest BCUT2D eigenvalue weighted by atomic mass is 9.87. The van der Waals surface area contributed by atoms with Crippen molar-refractivity contribution in [3.63, 3.8) is 0 Å². The van der Waals surface area contributed by atoms with Gasteiger partial charge in [-0.15, -0.1) is 0 Å². The molecule has 2 rings (SSSR count). The lowest BCUT2D eigenvalue weighted by Gasteiger charge is -2.37. The Bertz CT molecular complexity index is 846. The molecule has 0 amide bonds. The molecule has 0 N–H and O–H groups in total. The van der Waals surface area contributed by atoms with Gasteiger partial charge in [0.05, 0.1) is 0 Å².